The Labute approximate surface area is 192 Å². The zero-order valence-electron chi connectivity index (χ0n) is 18.7. The molecule has 0 aliphatic heterocycles. The molecule has 1 amide bonds. The Kier molecular flexibility index (Phi) is 6.14. The summed E-state index contributed by atoms with van der Waals surface area (Å²) in [6.07, 6.45) is 7.33. The Balaban J connectivity index is 1.37. The smallest absolute Gasteiger partial charge is 0.233 e. The van der Waals surface area contributed by atoms with Crippen LogP contribution in [-0.4, -0.2) is 32.0 Å². The monoisotopic (exact) mass is 458 g/mol. The molecule has 3 aliphatic carbocycles. The van der Waals surface area contributed by atoms with Gasteiger partial charge in [0.25, 0.3) is 0 Å². The summed E-state index contributed by atoms with van der Waals surface area (Å²) in [4.78, 5) is 12.5. The Hall–Kier alpha value is -2.09. The molecule has 1 N–H and O–H groups in total. The molecule has 3 saturated carbocycles. The van der Waals surface area contributed by atoms with Gasteiger partial charge in [0.15, 0.2) is 22.5 Å². The van der Waals surface area contributed by atoms with E-state index >= 15 is 0 Å². The summed E-state index contributed by atoms with van der Waals surface area (Å²) in [5, 5.41) is 12.4. The van der Waals surface area contributed by atoms with E-state index in [0.717, 1.165) is 29.8 Å². The highest BCUT2D eigenvalue weighted by Gasteiger charge is 2.43. The van der Waals surface area contributed by atoms with Crippen LogP contribution in [0.3, 0.4) is 0 Å². The molecule has 3 fully saturated rings. The van der Waals surface area contributed by atoms with Gasteiger partial charge in [0.05, 0.1) is 5.25 Å². The second-order valence-corrected chi connectivity index (χ2v) is 10.9. The van der Waals surface area contributed by atoms with Crippen molar-refractivity contribution in [2.45, 2.75) is 81.5 Å². The van der Waals surface area contributed by atoms with Gasteiger partial charge in [-0.3, -0.25) is 9.36 Å². The van der Waals surface area contributed by atoms with E-state index in [1.807, 2.05) is 6.92 Å². The summed E-state index contributed by atoms with van der Waals surface area (Å²) in [6.45, 7) is 4.29. The normalized spacial score (nSPS) is 26.2. The number of nitrogens with zero attached hydrogens (tertiary/aromatic N) is 3. The average molecular weight is 459 g/mol. The zero-order valence-corrected chi connectivity index (χ0v) is 19.5. The van der Waals surface area contributed by atoms with Crippen LogP contribution in [0.5, 0.6) is 5.75 Å². The molecule has 5 atom stereocenters. The Morgan fingerprint density at radius 1 is 1.22 bits per heavy atom. The number of carbonyl (C=O) groups excluding carboxylic acids is 1. The van der Waals surface area contributed by atoms with Gasteiger partial charge in [-0.05, 0) is 75.8 Å². The summed E-state index contributed by atoms with van der Waals surface area (Å²) >= 11 is 1.45. The number of hydrogen-bond acceptors (Lipinski definition) is 5. The summed E-state index contributed by atoms with van der Waals surface area (Å²) < 4.78 is 22.0. The number of para-hydroxylation sites is 1. The highest BCUT2D eigenvalue weighted by molar-refractivity contribution is 8.00. The molecule has 1 aromatic carbocycles. The van der Waals surface area contributed by atoms with Gasteiger partial charge in [-0.15, -0.1) is 10.2 Å². The predicted molar refractivity (Wildman–Crippen MR) is 121 cm³/mol. The van der Waals surface area contributed by atoms with Gasteiger partial charge in [0.1, 0.15) is 6.61 Å². The van der Waals surface area contributed by atoms with Crippen molar-refractivity contribution in [3.63, 3.8) is 0 Å². The molecule has 5 unspecified atom stereocenters. The van der Waals surface area contributed by atoms with Crippen molar-refractivity contribution in [1.29, 1.82) is 0 Å². The van der Waals surface area contributed by atoms with Crippen molar-refractivity contribution in [2.24, 2.45) is 17.8 Å². The molecule has 1 heterocycles. The molecule has 172 valence electrons. The van der Waals surface area contributed by atoms with E-state index < -0.39 is 0 Å². The fourth-order valence-electron chi connectivity index (χ4n) is 5.43. The van der Waals surface area contributed by atoms with Gasteiger partial charge in [-0.1, -0.05) is 30.3 Å². The van der Waals surface area contributed by atoms with Crippen LogP contribution in [0.2, 0.25) is 0 Å². The molecule has 2 aromatic rings. The zero-order chi connectivity index (χ0) is 22.2. The van der Waals surface area contributed by atoms with Crippen LogP contribution in [0.1, 0.15) is 64.2 Å². The number of amides is 1. The largest absolute Gasteiger partial charge is 0.483 e. The molecular formula is C24H31FN4O2S. The summed E-state index contributed by atoms with van der Waals surface area (Å²) in [6, 6.07) is 6.95. The van der Waals surface area contributed by atoms with Crippen LogP contribution in [0.4, 0.5) is 4.39 Å². The number of ether oxygens (including phenoxy) is 1. The highest BCUT2D eigenvalue weighted by atomic mass is 32.2. The quantitative estimate of drug-likeness (QED) is 0.549. The molecule has 0 spiro atoms. The first kappa shape index (κ1) is 21.7. The minimum atomic E-state index is -0.389. The number of halogens is 1. The van der Waals surface area contributed by atoms with Crippen molar-refractivity contribution in [3.8, 4) is 5.75 Å². The Morgan fingerprint density at radius 3 is 2.72 bits per heavy atom. The van der Waals surface area contributed by atoms with Crippen molar-refractivity contribution < 1.29 is 13.9 Å². The van der Waals surface area contributed by atoms with Crippen molar-refractivity contribution in [3.05, 3.63) is 35.9 Å². The van der Waals surface area contributed by atoms with Crippen LogP contribution in [0.15, 0.2) is 29.4 Å². The lowest BCUT2D eigenvalue weighted by Gasteiger charge is -2.30. The van der Waals surface area contributed by atoms with E-state index in [2.05, 4.69) is 27.0 Å². The molecule has 8 heteroatoms. The predicted octanol–water partition coefficient (Wildman–Crippen LogP) is 4.75. The second-order valence-electron chi connectivity index (χ2n) is 9.61. The minimum absolute atomic E-state index is 0.0452. The standard InChI is InChI=1S/C24H31FN4O2S/c1-14(19-12-16-7-8-17(19)11-16)29-22(13-31-21-6-4-3-5-20(21)25)27-28-24(29)32-15(2)23(30)26-18-9-10-18/h3-6,14-19H,7-13H2,1-2H3,(H,26,30). The lowest BCUT2D eigenvalue weighted by Crippen LogP contribution is -2.33. The number of thioether (sulfide) groups is 1. The van der Waals surface area contributed by atoms with Crippen molar-refractivity contribution in [2.75, 3.05) is 0 Å². The fraction of sp³-hybridized carbons (Fsp3) is 0.625. The average Bonchev–Trinajstić information content (AvgIpc) is 3.18. The number of nitrogens with one attached hydrogen (secondary N) is 1. The molecule has 2 bridgehead atoms. The van der Waals surface area contributed by atoms with Gasteiger partial charge >= 0.3 is 0 Å². The summed E-state index contributed by atoms with van der Waals surface area (Å²) in [5.74, 6) is 2.70. The van der Waals surface area contributed by atoms with Crippen LogP contribution >= 0.6 is 11.8 Å². The number of rotatable bonds is 9. The third-order valence-corrected chi connectivity index (χ3v) is 8.38. The SMILES string of the molecule is CC(Sc1nnc(COc2ccccc2F)n1C(C)C1CC2CCC1C2)C(=O)NC1CC1. The lowest BCUT2D eigenvalue weighted by molar-refractivity contribution is -0.120. The number of hydrogen-bond donors (Lipinski definition) is 1. The van der Waals surface area contributed by atoms with Crippen LogP contribution in [0, 0.1) is 23.6 Å². The topological polar surface area (TPSA) is 69.0 Å². The van der Waals surface area contributed by atoms with Crippen LogP contribution in [0.25, 0.3) is 0 Å². The van der Waals surface area contributed by atoms with E-state index in [1.54, 1.807) is 18.2 Å². The molecule has 0 radical (unpaired) electrons. The molecule has 6 nitrogen and oxygen atoms in total. The van der Waals surface area contributed by atoms with E-state index in [9.17, 15) is 9.18 Å². The summed E-state index contributed by atoms with van der Waals surface area (Å²) in [7, 11) is 0. The third kappa shape index (κ3) is 4.51. The minimum Gasteiger partial charge on any atom is -0.483 e. The van der Waals surface area contributed by atoms with Crippen LogP contribution < -0.4 is 10.1 Å². The first-order chi connectivity index (χ1) is 15.5. The van der Waals surface area contributed by atoms with E-state index in [1.165, 1.54) is 43.5 Å². The number of aromatic nitrogens is 3. The second kappa shape index (κ2) is 9.04. The van der Waals surface area contributed by atoms with Gasteiger partial charge < -0.3 is 10.1 Å². The Bertz CT molecular complexity index is 979. The van der Waals surface area contributed by atoms with Crippen LogP contribution in [-0.2, 0) is 11.4 Å². The molecule has 5 rings (SSSR count). The third-order valence-electron chi connectivity index (χ3n) is 7.32. The highest BCUT2D eigenvalue weighted by Crippen LogP contribution is 2.52. The molecule has 0 saturated heterocycles. The van der Waals surface area contributed by atoms with Gasteiger partial charge in [0.2, 0.25) is 5.91 Å². The van der Waals surface area contributed by atoms with Crippen molar-refractivity contribution in [1.82, 2.24) is 20.1 Å². The fourth-order valence-corrected chi connectivity index (χ4v) is 6.40. The lowest BCUT2D eigenvalue weighted by atomic mass is 9.84. The maximum absolute atomic E-state index is 14.1. The molecular weight excluding hydrogens is 427 g/mol. The summed E-state index contributed by atoms with van der Waals surface area (Å²) in [5.41, 5.74) is 0. The Morgan fingerprint density at radius 2 is 2.03 bits per heavy atom. The van der Waals surface area contributed by atoms with Gasteiger partial charge in [-0.2, -0.15) is 0 Å². The number of fused-ring (bicyclic) bond motifs is 2. The maximum atomic E-state index is 14.1. The van der Waals surface area contributed by atoms with Crippen molar-refractivity contribution >= 4 is 17.7 Å². The number of benzene rings is 1. The molecule has 1 aromatic heterocycles. The molecule has 32 heavy (non-hydrogen) atoms. The van der Waals surface area contributed by atoms with E-state index in [0.29, 0.717) is 17.8 Å². The van der Waals surface area contributed by atoms with E-state index in [-0.39, 0.29) is 35.4 Å². The first-order valence-electron chi connectivity index (χ1n) is 11.8. The first-order valence-corrected chi connectivity index (χ1v) is 12.7. The number of carbonyl (C=O) groups is 1. The maximum Gasteiger partial charge on any atom is 0.233 e. The van der Waals surface area contributed by atoms with E-state index in [4.69, 9.17) is 4.74 Å². The molecule has 3 aliphatic rings. The van der Waals surface area contributed by atoms with Gasteiger partial charge in [-0.25, -0.2) is 4.39 Å². The van der Waals surface area contributed by atoms with Gasteiger partial charge in [0, 0.05) is 12.1 Å².